The molecule has 1 aliphatic heterocycles. The van der Waals surface area contributed by atoms with Crippen molar-refractivity contribution in [1.29, 1.82) is 0 Å². The van der Waals surface area contributed by atoms with Crippen LogP contribution in [0, 0.1) is 0 Å². The lowest BCUT2D eigenvalue weighted by atomic mass is 9.95. The van der Waals surface area contributed by atoms with Gasteiger partial charge in [-0.2, -0.15) is 5.10 Å². The predicted octanol–water partition coefficient (Wildman–Crippen LogP) is 3.91. The summed E-state index contributed by atoms with van der Waals surface area (Å²) in [7, 11) is 1.32. The fourth-order valence-electron chi connectivity index (χ4n) is 4.19. The highest BCUT2D eigenvalue weighted by atomic mass is 16.6. The van der Waals surface area contributed by atoms with Crippen molar-refractivity contribution in [2.45, 2.75) is 52.1 Å². The molecule has 0 radical (unpaired) electrons. The summed E-state index contributed by atoms with van der Waals surface area (Å²) in [5.41, 5.74) is 1.19. The molecule has 1 aromatic carbocycles. The van der Waals surface area contributed by atoms with Gasteiger partial charge in [-0.15, -0.1) is 0 Å². The van der Waals surface area contributed by atoms with Gasteiger partial charge in [-0.25, -0.2) is 14.5 Å². The number of benzene rings is 1. The van der Waals surface area contributed by atoms with Crippen molar-refractivity contribution in [1.82, 2.24) is 20.1 Å². The molecule has 1 amide bonds. The quantitative estimate of drug-likeness (QED) is 0.526. The maximum absolute atomic E-state index is 13.5. The Morgan fingerprint density at radius 1 is 1.21 bits per heavy atom. The zero-order valence-electron chi connectivity index (χ0n) is 20.2. The standard InChI is InChI=1S/C25H30N4O5/c1-6-9-25(4,24(31)32-5)28-23(30)17-13-19(27-22-18(17)14-26-29(22)15(2)3)16-7-8-20-21(12-16)34-11-10-33-20/h7-8,12-15H,6,9-11H2,1-5H3,(H,28,30). The third kappa shape index (κ3) is 4.30. The second kappa shape index (κ2) is 9.32. The van der Waals surface area contributed by atoms with E-state index in [2.05, 4.69) is 10.4 Å². The molecule has 1 aliphatic rings. The van der Waals surface area contributed by atoms with E-state index in [0.29, 0.717) is 59.8 Å². The summed E-state index contributed by atoms with van der Waals surface area (Å²) in [6.45, 7) is 8.61. The van der Waals surface area contributed by atoms with Gasteiger partial charge in [-0.1, -0.05) is 13.3 Å². The number of pyridine rings is 1. The van der Waals surface area contributed by atoms with E-state index in [1.165, 1.54) is 7.11 Å². The van der Waals surface area contributed by atoms with E-state index in [9.17, 15) is 9.59 Å². The molecule has 1 atom stereocenters. The van der Waals surface area contributed by atoms with E-state index in [0.717, 1.165) is 5.56 Å². The highest BCUT2D eigenvalue weighted by Crippen LogP contribution is 2.35. The third-order valence-corrected chi connectivity index (χ3v) is 5.91. The Labute approximate surface area is 198 Å². The number of fused-ring (bicyclic) bond motifs is 2. The van der Waals surface area contributed by atoms with Gasteiger partial charge in [0.05, 0.1) is 30.0 Å². The first-order chi connectivity index (χ1) is 16.3. The van der Waals surface area contributed by atoms with E-state index < -0.39 is 17.4 Å². The lowest BCUT2D eigenvalue weighted by molar-refractivity contribution is -0.147. The number of amides is 1. The highest BCUT2D eigenvalue weighted by Gasteiger charge is 2.36. The number of ether oxygens (including phenoxy) is 3. The third-order valence-electron chi connectivity index (χ3n) is 5.91. The van der Waals surface area contributed by atoms with Crippen LogP contribution in [0.25, 0.3) is 22.3 Å². The summed E-state index contributed by atoms with van der Waals surface area (Å²) < 4.78 is 18.1. The van der Waals surface area contributed by atoms with Gasteiger partial charge in [-0.05, 0) is 51.5 Å². The molecule has 0 spiro atoms. The molecule has 0 aliphatic carbocycles. The molecular formula is C25H30N4O5. The van der Waals surface area contributed by atoms with Crippen molar-refractivity contribution in [3.8, 4) is 22.8 Å². The van der Waals surface area contributed by atoms with Crippen LogP contribution in [0.3, 0.4) is 0 Å². The van der Waals surface area contributed by atoms with Crippen LogP contribution in [0.5, 0.6) is 11.5 Å². The summed E-state index contributed by atoms with van der Waals surface area (Å²) >= 11 is 0. The van der Waals surface area contributed by atoms with Crippen molar-refractivity contribution in [3.05, 3.63) is 36.0 Å². The highest BCUT2D eigenvalue weighted by molar-refractivity contribution is 6.08. The number of nitrogens with one attached hydrogen (secondary N) is 1. The summed E-state index contributed by atoms with van der Waals surface area (Å²) in [6.07, 6.45) is 2.78. The van der Waals surface area contributed by atoms with Gasteiger partial charge >= 0.3 is 5.97 Å². The zero-order valence-corrected chi connectivity index (χ0v) is 20.2. The van der Waals surface area contributed by atoms with Gasteiger partial charge in [0.25, 0.3) is 5.91 Å². The molecule has 1 N–H and O–H groups in total. The van der Waals surface area contributed by atoms with Crippen LogP contribution >= 0.6 is 0 Å². The zero-order chi connectivity index (χ0) is 24.5. The van der Waals surface area contributed by atoms with E-state index in [-0.39, 0.29) is 6.04 Å². The Balaban J connectivity index is 1.83. The summed E-state index contributed by atoms with van der Waals surface area (Å²) in [6, 6.07) is 7.34. The Morgan fingerprint density at radius 2 is 1.94 bits per heavy atom. The number of esters is 1. The van der Waals surface area contributed by atoms with Gasteiger partial charge < -0.3 is 19.5 Å². The molecule has 3 heterocycles. The Hall–Kier alpha value is -3.62. The molecule has 3 aromatic rings. The van der Waals surface area contributed by atoms with Crippen molar-refractivity contribution >= 4 is 22.9 Å². The van der Waals surface area contributed by atoms with Gasteiger partial charge in [0.1, 0.15) is 18.8 Å². The topological polar surface area (TPSA) is 105 Å². The number of nitrogens with zero attached hydrogens (tertiary/aromatic N) is 3. The van der Waals surface area contributed by atoms with Crippen LogP contribution in [-0.4, -0.2) is 52.5 Å². The molecule has 180 valence electrons. The van der Waals surface area contributed by atoms with Crippen LogP contribution in [0.15, 0.2) is 30.5 Å². The first-order valence-corrected chi connectivity index (χ1v) is 11.5. The maximum atomic E-state index is 13.5. The molecular weight excluding hydrogens is 436 g/mol. The fraction of sp³-hybridized carbons (Fsp3) is 0.440. The lowest BCUT2D eigenvalue weighted by Crippen LogP contribution is -2.52. The number of aromatic nitrogens is 3. The summed E-state index contributed by atoms with van der Waals surface area (Å²) in [4.78, 5) is 30.9. The van der Waals surface area contributed by atoms with Crippen molar-refractivity contribution in [3.63, 3.8) is 0 Å². The number of methoxy groups -OCH3 is 1. The monoisotopic (exact) mass is 466 g/mol. The second-order valence-corrected chi connectivity index (χ2v) is 8.86. The Morgan fingerprint density at radius 3 is 2.62 bits per heavy atom. The van der Waals surface area contributed by atoms with Crippen LogP contribution in [0.4, 0.5) is 0 Å². The van der Waals surface area contributed by atoms with E-state index in [1.807, 2.05) is 39.0 Å². The number of carbonyl (C=O) groups excluding carboxylic acids is 2. The molecule has 1 unspecified atom stereocenters. The Kier molecular flexibility index (Phi) is 6.45. The van der Waals surface area contributed by atoms with Gasteiger partial charge in [0.2, 0.25) is 0 Å². The minimum atomic E-state index is -1.15. The first-order valence-electron chi connectivity index (χ1n) is 11.5. The number of hydrogen-bond acceptors (Lipinski definition) is 7. The van der Waals surface area contributed by atoms with Crippen molar-refractivity contribution < 1.29 is 23.8 Å². The molecule has 4 rings (SSSR count). The van der Waals surface area contributed by atoms with Gasteiger partial charge in [0, 0.05) is 11.6 Å². The first kappa shape index (κ1) is 23.5. The van der Waals surface area contributed by atoms with E-state index in [1.54, 1.807) is 23.9 Å². The smallest absolute Gasteiger partial charge is 0.331 e. The SMILES string of the molecule is CCCC(C)(NC(=O)c1cc(-c2ccc3c(c2)OCCO3)nc2c1cnn2C(C)C)C(=O)OC. The molecule has 9 heteroatoms. The van der Waals surface area contributed by atoms with Crippen LogP contribution < -0.4 is 14.8 Å². The molecule has 0 saturated heterocycles. The minimum Gasteiger partial charge on any atom is -0.486 e. The second-order valence-electron chi connectivity index (χ2n) is 8.86. The van der Waals surface area contributed by atoms with Crippen LogP contribution in [-0.2, 0) is 9.53 Å². The molecule has 0 bridgehead atoms. The van der Waals surface area contributed by atoms with E-state index >= 15 is 0 Å². The lowest BCUT2D eigenvalue weighted by Gasteiger charge is -2.27. The fourth-order valence-corrected chi connectivity index (χ4v) is 4.19. The number of hydrogen-bond donors (Lipinski definition) is 1. The largest absolute Gasteiger partial charge is 0.486 e. The van der Waals surface area contributed by atoms with Gasteiger partial charge in [0.15, 0.2) is 17.1 Å². The Bertz CT molecular complexity index is 1240. The molecule has 0 fully saturated rings. The van der Waals surface area contributed by atoms with Crippen molar-refractivity contribution in [2.75, 3.05) is 20.3 Å². The average molecular weight is 467 g/mol. The molecule has 2 aromatic heterocycles. The van der Waals surface area contributed by atoms with Crippen LogP contribution in [0.2, 0.25) is 0 Å². The van der Waals surface area contributed by atoms with Crippen molar-refractivity contribution in [2.24, 2.45) is 0 Å². The summed E-state index contributed by atoms with van der Waals surface area (Å²) in [5.74, 6) is 0.429. The van der Waals surface area contributed by atoms with Gasteiger partial charge in [-0.3, -0.25) is 4.79 Å². The molecule has 9 nitrogen and oxygen atoms in total. The van der Waals surface area contributed by atoms with Crippen LogP contribution in [0.1, 0.15) is 56.9 Å². The molecule has 34 heavy (non-hydrogen) atoms. The number of rotatable bonds is 7. The summed E-state index contributed by atoms with van der Waals surface area (Å²) in [5, 5.41) is 7.97. The maximum Gasteiger partial charge on any atom is 0.331 e. The predicted molar refractivity (Wildman–Crippen MR) is 127 cm³/mol. The van der Waals surface area contributed by atoms with E-state index in [4.69, 9.17) is 19.2 Å². The minimum absolute atomic E-state index is 0.0388. The molecule has 0 saturated carbocycles. The number of carbonyl (C=O) groups is 2. The average Bonchev–Trinajstić information content (AvgIpc) is 3.27. The normalized spacial score (nSPS) is 14.6.